The topological polar surface area (TPSA) is 48.1 Å². The predicted molar refractivity (Wildman–Crippen MR) is 83.8 cm³/mol. The number of nitrogens with two attached hydrogens (primary N) is 1. The van der Waals surface area contributed by atoms with Crippen molar-refractivity contribution in [3.8, 4) is 5.75 Å². The summed E-state index contributed by atoms with van der Waals surface area (Å²) in [4.78, 5) is 4.52. The number of rotatable bonds is 3. The van der Waals surface area contributed by atoms with E-state index in [1.165, 1.54) is 12.8 Å². The summed E-state index contributed by atoms with van der Waals surface area (Å²) >= 11 is 5.10. The monoisotopic (exact) mass is 290 g/mol. The Morgan fingerprint density at radius 3 is 2.75 bits per heavy atom. The van der Waals surface area contributed by atoms with Gasteiger partial charge in [-0.25, -0.2) is 0 Å². The number of hydrogen-bond donors (Lipinski definition) is 1. The molecule has 3 rings (SSSR count). The fourth-order valence-electron chi connectivity index (χ4n) is 4.14. The molecule has 0 amide bonds. The van der Waals surface area contributed by atoms with E-state index >= 15 is 0 Å². The van der Waals surface area contributed by atoms with E-state index in [2.05, 4.69) is 25.8 Å². The number of hydrogen-bond acceptors (Lipinski definition) is 3. The Bertz CT molecular complexity index is 557. The van der Waals surface area contributed by atoms with Gasteiger partial charge in [-0.3, -0.25) is 4.98 Å². The van der Waals surface area contributed by atoms with Gasteiger partial charge in [0.2, 0.25) is 0 Å². The summed E-state index contributed by atoms with van der Waals surface area (Å²) in [5, 5.41) is 0. The molecular formula is C16H22N2OS. The zero-order chi connectivity index (χ0) is 14.5. The van der Waals surface area contributed by atoms with Crippen molar-refractivity contribution < 1.29 is 4.74 Å². The van der Waals surface area contributed by atoms with Crippen molar-refractivity contribution in [3.63, 3.8) is 0 Å². The van der Waals surface area contributed by atoms with Crippen molar-refractivity contribution in [2.24, 2.45) is 22.5 Å². The Hall–Kier alpha value is -1.16. The maximum absolute atomic E-state index is 6.31. The van der Waals surface area contributed by atoms with Gasteiger partial charge in [0.1, 0.15) is 16.8 Å². The summed E-state index contributed by atoms with van der Waals surface area (Å²) in [5.74, 6) is 1.48. The van der Waals surface area contributed by atoms with Crippen LogP contribution in [0.1, 0.15) is 45.6 Å². The van der Waals surface area contributed by atoms with Crippen molar-refractivity contribution in [3.05, 3.63) is 24.0 Å². The minimum absolute atomic E-state index is 0.223. The van der Waals surface area contributed by atoms with Gasteiger partial charge in [0.25, 0.3) is 0 Å². The van der Waals surface area contributed by atoms with Gasteiger partial charge in [-0.2, -0.15) is 0 Å². The van der Waals surface area contributed by atoms with E-state index in [0.29, 0.717) is 10.4 Å². The number of nitrogens with zero attached hydrogens (tertiary/aromatic N) is 1. The molecule has 1 heterocycles. The molecule has 20 heavy (non-hydrogen) atoms. The lowest BCUT2D eigenvalue weighted by Gasteiger charge is -2.39. The molecule has 3 nitrogen and oxygen atoms in total. The van der Waals surface area contributed by atoms with Gasteiger partial charge in [0.15, 0.2) is 0 Å². The molecule has 3 atom stereocenters. The Morgan fingerprint density at radius 2 is 2.20 bits per heavy atom. The molecule has 4 heteroatoms. The third-order valence-corrected chi connectivity index (χ3v) is 6.25. The van der Waals surface area contributed by atoms with Crippen LogP contribution in [0.2, 0.25) is 0 Å². The Morgan fingerprint density at radius 1 is 1.45 bits per heavy atom. The SMILES string of the molecule is CC1(C)C2CCC1(C)C(Oc1cnccc1C(N)=S)C2. The first-order valence-electron chi connectivity index (χ1n) is 7.27. The summed E-state index contributed by atoms with van der Waals surface area (Å²) in [5.41, 5.74) is 7.13. The molecule has 0 radical (unpaired) electrons. The lowest BCUT2D eigenvalue weighted by molar-refractivity contribution is 0.0298. The van der Waals surface area contributed by atoms with E-state index in [0.717, 1.165) is 23.7 Å². The number of ether oxygens (including phenoxy) is 1. The van der Waals surface area contributed by atoms with E-state index in [-0.39, 0.29) is 11.5 Å². The van der Waals surface area contributed by atoms with Crippen LogP contribution in [0.15, 0.2) is 18.5 Å². The van der Waals surface area contributed by atoms with Gasteiger partial charge in [-0.15, -0.1) is 0 Å². The third kappa shape index (κ3) is 1.77. The first-order valence-corrected chi connectivity index (χ1v) is 7.67. The number of fused-ring (bicyclic) bond motifs is 2. The predicted octanol–water partition coefficient (Wildman–Crippen LogP) is 3.31. The lowest BCUT2D eigenvalue weighted by Crippen LogP contribution is -2.39. The second-order valence-electron chi connectivity index (χ2n) is 6.95. The van der Waals surface area contributed by atoms with Gasteiger partial charge in [0, 0.05) is 11.6 Å². The third-order valence-electron chi connectivity index (χ3n) is 6.03. The van der Waals surface area contributed by atoms with Crippen LogP contribution in [-0.2, 0) is 0 Å². The normalized spacial score (nSPS) is 34.1. The molecule has 1 aromatic heterocycles. The maximum Gasteiger partial charge on any atom is 0.148 e. The molecule has 2 aliphatic rings. The van der Waals surface area contributed by atoms with Crippen LogP contribution >= 0.6 is 12.2 Å². The molecule has 0 saturated heterocycles. The highest BCUT2D eigenvalue weighted by molar-refractivity contribution is 7.80. The quantitative estimate of drug-likeness (QED) is 0.868. The lowest BCUT2D eigenvalue weighted by atomic mass is 9.70. The Labute approximate surface area is 125 Å². The molecule has 0 aromatic carbocycles. The van der Waals surface area contributed by atoms with Crippen LogP contribution in [0.5, 0.6) is 5.75 Å². The standard InChI is InChI=1S/C16H22N2OS/c1-15(2)10-4-6-16(15,3)13(8-10)19-12-9-18-7-5-11(12)14(17)20/h5,7,9-10,13H,4,6,8H2,1-3H3,(H2,17,20). The van der Waals surface area contributed by atoms with Crippen molar-refractivity contribution in [2.75, 3.05) is 0 Å². The number of pyridine rings is 1. The highest BCUT2D eigenvalue weighted by Crippen LogP contribution is 2.66. The van der Waals surface area contributed by atoms with E-state index in [9.17, 15) is 0 Å². The average Bonchev–Trinajstić information content (AvgIpc) is 2.72. The van der Waals surface area contributed by atoms with E-state index < -0.39 is 0 Å². The van der Waals surface area contributed by atoms with Gasteiger partial charge in [0.05, 0.1) is 11.8 Å². The first kappa shape index (κ1) is 13.8. The van der Waals surface area contributed by atoms with Crippen molar-refractivity contribution in [2.45, 2.75) is 46.1 Å². The minimum Gasteiger partial charge on any atom is -0.487 e. The first-order chi connectivity index (χ1) is 9.36. The maximum atomic E-state index is 6.31. The summed E-state index contributed by atoms with van der Waals surface area (Å²) in [7, 11) is 0. The minimum atomic E-state index is 0.223. The highest BCUT2D eigenvalue weighted by Gasteiger charge is 2.62. The number of aromatic nitrogens is 1. The van der Waals surface area contributed by atoms with E-state index in [1.807, 2.05) is 6.07 Å². The molecule has 0 spiro atoms. The second kappa shape index (κ2) is 4.42. The zero-order valence-electron chi connectivity index (χ0n) is 12.3. The van der Waals surface area contributed by atoms with Crippen LogP contribution in [0.4, 0.5) is 0 Å². The van der Waals surface area contributed by atoms with Crippen LogP contribution in [-0.4, -0.2) is 16.1 Å². The molecule has 2 fully saturated rings. The highest BCUT2D eigenvalue weighted by atomic mass is 32.1. The van der Waals surface area contributed by atoms with Crippen LogP contribution in [0.25, 0.3) is 0 Å². The number of thiocarbonyl (C=S) groups is 1. The summed E-state index contributed by atoms with van der Waals surface area (Å²) < 4.78 is 6.31. The molecule has 2 bridgehead atoms. The van der Waals surface area contributed by atoms with E-state index in [4.69, 9.17) is 22.7 Å². The smallest absolute Gasteiger partial charge is 0.148 e. The second-order valence-corrected chi connectivity index (χ2v) is 7.39. The van der Waals surface area contributed by atoms with Crippen LogP contribution in [0, 0.1) is 16.7 Å². The Kier molecular flexibility index (Phi) is 3.05. The molecule has 2 N–H and O–H groups in total. The molecule has 2 saturated carbocycles. The van der Waals surface area contributed by atoms with Crippen molar-refractivity contribution in [1.29, 1.82) is 0 Å². The summed E-state index contributed by atoms with van der Waals surface area (Å²) in [6, 6.07) is 1.83. The molecular weight excluding hydrogens is 268 g/mol. The largest absolute Gasteiger partial charge is 0.487 e. The molecule has 2 aliphatic carbocycles. The zero-order valence-corrected chi connectivity index (χ0v) is 13.2. The van der Waals surface area contributed by atoms with Crippen molar-refractivity contribution >= 4 is 17.2 Å². The fourth-order valence-corrected chi connectivity index (χ4v) is 4.31. The van der Waals surface area contributed by atoms with Crippen LogP contribution < -0.4 is 10.5 Å². The van der Waals surface area contributed by atoms with Gasteiger partial charge in [-0.05, 0) is 36.7 Å². The average molecular weight is 290 g/mol. The summed E-state index contributed by atoms with van der Waals surface area (Å²) in [6.45, 7) is 7.12. The Balaban J connectivity index is 1.89. The van der Waals surface area contributed by atoms with Gasteiger partial charge >= 0.3 is 0 Å². The molecule has 1 aromatic rings. The van der Waals surface area contributed by atoms with Gasteiger partial charge in [-0.1, -0.05) is 33.0 Å². The summed E-state index contributed by atoms with van der Waals surface area (Å²) in [6.07, 6.45) is 7.34. The van der Waals surface area contributed by atoms with Gasteiger partial charge < -0.3 is 10.5 Å². The fraction of sp³-hybridized carbons (Fsp3) is 0.625. The van der Waals surface area contributed by atoms with Crippen LogP contribution in [0.3, 0.4) is 0 Å². The molecule has 108 valence electrons. The molecule has 0 aliphatic heterocycles. The molecule has 3 unspecified atom stereocenters. The van der Waals surface area contributed by atoms with Crippen molar-refractivity contribution in [1.82, 2.24) is 4.98 Å². The van der Waals surface area contributed by atoms with E-state index in [1.54, 1.807) is 12.4 Å².